The average Bonchev–Trinajstić information content (AvgIpc) is 3.06. The number of carbonyl (C=O) groups is 2. The Hall–Kier alpha value is -2.22. The lowest BCUT2D eigenvalue weighted by atomic mass is 10.1. The van der Waals surface area contributed by atoms with Crippen LogP contribution in [0, 0.1) is 0 Å². The van der Waals surface area contributed by atoms with Crippen molar-refractivity contribution in [3.63, 3.8) is 0 Å². The fourth-order valence-electron chi connectivity index (χ4n) is 1.55. The Morgan fingerprint density at radius 1 is 1.48 bits per heavy atom. The van der Waals surface area contributed by atoms with Crippen LogP contribution in [0.2, 0.25) is 0 Å². The highest BCUT2D eigenvalue weighted by Gasteiger charge is 2.28. The molecule has 2 rings (SSSR count). The number of aryl methyl sites for hydroxylation is 1. The first-order chi connectivity index (χ1) is 9.88. The fraction of sp³-hybridized carbons (Fsp3) is 0.385. The molecule has 8 heteroatoms. The highest BCUT2D eigenvalue weighted by atomic mass is 32.1. The molecular weight excluding hydrogens is 294 g/mol. The summed E-state index contributed by atoms with van der Waals surface area (Å²) in [5.74, 6) is -0.636. The lowest BCUT2D eigenvalue weighted by molar-refractivity contribution is -0.146. The van der Waals surface area contributed by atoms with Gasteiger partial charge in [0, 0.05) is 23.8 Å². The van der Waals surface area contributed by atoms with Crippen LogP contribution in [0.3, 0.4) is 0 Å². The minimum absolute atomic E-state index is 0.0853. The van der Waals surface area contributed by atoms with Gasteiger partial charge in [-0.3, -0.25) is 4.79 Å². The monoisotopic (exact) mass is 309 g/mol. The number of rotatable bonds is 6. The molecule has 0 aliphatic rings. The van der Waals surface area contributed by atoms with E-state index in [4.69, 9.17) is 9.63 Å². The first kappa shape index (κ1) is 15.2. The molecule has 0 bridgehead atoms. The summed E-state index contributed by atoms with van der Waals surface area (Å²) in [6.45, 7) is 2.85. The number of carboxylic acid groups (broad SMARTS) is 1. The number of hydrogen-bond donors (Lipinski definition) is 2. The van der Waals surface area contributed by atoms with E-state index in [1.165, 1.54) is 25.2 Å². The minimum Gasteiger partial charge on any atom is -0.480 e. The van der Waals surface area contributed by atoms with Crippen molar-refractivity contribution in [3.05, 3.63) is 22.7 Å². The number of hydrogen-bond acceptors (Lipinski definition) is 6. The Labute approximate surface area is 125 Å². The second-order valence-electron chi connectivity index (χ2n) is 5.00. The van der Waals surface area contributed by atoms with Gasteiger partial charge in [0.25, 0.3) is 0 Å². The Balaban J connectivity index is 1.89. The van der Waals surface area contributed by atoms with Crippen LogP contribution >= 0.6 is 11.3 Å². The SMILES string of the molecule is CC(C)(NC(=O)CCc1nc(-c2ccsc2)no1)C(=O)O. The lowest BCUT2D eigenvalue weighted by Gasteiger charge is -2.20. The van der Waals surface area contributed by atoms with Gasteiger partial charge in [-0.15, -0.1) is 0 Å². The molecule has 2 heterocycles. The van der Waals surface area contributed by atoms with E-state index in [1.807, 2.05) is 16.8 Å². The number of carbonyl (C=O) groups excluding carboxylic acids is 1. The molecule has 21 heavy (non-hydrogen) atoms. The maximum atomic E-state index is 11.7. The maximum absolute atomic E-state index is 11.7. The second-order valence-corrected chi connectivity index (χ2v) is 5.78. The van der Waals surface area contributed by atoms with E-state index >= 15 is 0 Å². The topological polar surface area (TPSA) is 105 Å². The molecule has 2 N–H and O–H groups in total. The van der Waals surface area contributed by atoms with Crippen LogP contribution in [0.1, 0.15) is 26.2 Å². The third-order valence-corrected chi connectivity index (χ3v) is 3.48. The van der Waals surface area contributed by atoms with Gasteiger partial charge in [0.1, 0.15) is 5.54 Å². The molecule has 1 amide bonds. The van der Waals surface area contributed by atoms with Gasteiger partial charge >= 0.3 is 5.97 Å². The maximum Gasteiger partial charge on any atom is 0.328 e. The van der Waals surface area contributed by atoms with Gasteiger partial charge in [0.2, 0.25) is 17.6 Å². The van der Waals surface area contributed by atoms with Crippen molar-refractivity contribution in [2.45, 2.75) is 32.2 Å². The number of thiophene rings is 1. The third-order valence-electron chi connectivity index (χ3n) is 2.80. The molecule has 7 nitrogen and oxygen atoms in total. The van der Waals surface area contributed by atoms with Gasteiger partial charge in [0.15, 0.2) is 0 Å². The van der Waals surface area contributed by atoms with Crippen LogP contribution < -0.4 is 5.32 Å². The predicted octanol–water partition coefficient (Wildman–Crippen LogP) is 1.71. The van der Waals surface area contributed by atoms with Gasteiger partial charge in [-0.2, -0.15) is 16.3 Å². The number of amides is 1. The Morgan fingerprint density at radius 3 is 2.86 bits per heavy atom. The van der Waals surface area contributed by atoms with Crippen molar-refractivity contribution in [3.8, 4) is 11.4 Å². The highest BCUT2D eigenvalue weighted by Crippen LogP contribution is 2.19. The molecule has 0 saturated heterocycles. The van der Waals surface area contributed by atoms with E-state index < -0.39 is 11.5 Å². The predicted molar refractivity (Wildman–Crippen MR) is 75.8 cm³/mol. The van der Waals surface area contributed by atoms with Crippen molar-refractivity contribution in [2.24, 2.45) is 0 Å². The zero-order chi connectivity index (χ0) is 15.5. The molecule has 2 aromatic heterocycles. The zero-order valence-electron chi connectivity index (χ0n) is 11.6. The standard InChI is InChI=1S/C13H15N3O4S/c1-13(2,12(18)19)15-9(17)3-4-10-14-11(16-20-10)8-5-6-21-7-8/h5-7H,3-4H2,1-2H3,(H,15,17)(H,18,19). The largest absolute Gasteiger partial charge is 0.480 e. The van der Waals surface area contributed by atoms with Gasteiger partial charge in [-0.1, -0.05) is 5.16 Å². The molecule has 0 aromatic carbocycles. The molecular formula is C13H15N3O4S. The summed E-state index contributed by atoms with van der Waals surface area (Å²) in [7, 11) is 0. The van der Waals surface area contributed by atoms with Crippen molar-refractivity contribution in [1.82, 2.24) is 15.5 Å². The number of nitrogens with one attached hydrogen (secondary N) is 1. The summed E-state index contributed by atoms with van der Waals surface area (Å²) in [4.78, 5) is 26.8. The number of aromatic nitrogens is 2. The lowest BCUT2D eigenvalue weighted by Crippen LogP contribution is -2.49. The van der Waals surface area contributed by atoms with Crippen LogP contribution in [-0.4, -0.2) is 32.7 Å². The van der Waals surface area contributed by atoms with Crippen molar-refractivity contribution in [2.75, 3.05) is 0 Å². The zero-order valence-corrected chi connectivity index (χ0v) is 12.4. The van der Waals surface area contributed by atoms with E-state index in [9.17, 15) is 9.59 Å². The first-order valence-electron chi connectivity index (χ1n) is 6.28. The molecule has 0 spiro atoms. The molecule has 112 valence electrons. The summed E-state index contributed by atoms with van der Waals surface area (Å²) >= 11 is 1.53. The smallest absolute Gasteiger partial charge is 0.328 e. The van der Waals surface area contributed by atoms with Crippen molar-refractivity contribution >= 4 is 23.2 Å². The third kappa shape index (κ3) is 3.88. The van der Waals surface area contributed by atoms with Crippen LogP contribution in [0.15, 0.2) is 21.3 Å². The van der Waals surface area contributed by atoms with Gasteiger partial charge in [-0.05, 0) is 25.3 Å². The second kappa shape index (κ2) is 6.04. The average molecular weight is 309 g/mol. The molecule has 0 aliphatic heterocycles. The van der Waals surface area contributed by atoms with Crippen molar-refractivity contribution in [1.29, 1.82) is 0 Å². The molecule has 0 fully saturated rings. The highest BCUT2D eigenvalue weighted by molar-refractivity contribution is 7.08. The Bertz CT molecular complexity index is 634. The van der Waals surface area contributed by atoms with Crippen LogP contribution in [0.25, 0.3) is 11.4 Å². The molecule has 0 atom stereocenters. The summed E-state index contributed by atoms with van der Waals surface area (Å²) < 4.78 is 5.06. The number of aliphatic carboxylic acids is 1. The number of nitrogens with zero attached hydrogens (tertiary/aromatic N) is 2. The Morgan fingerprint density at radius 2 is 2.24 bits per heavy atom. The molecule has 2 aromatic rings. The normalized spacial score (nSPS) is 11.3. The van der Waals surface area contributed by atoms with Crippen molar-refractivity contribution < 1.29 is 19.2 Å². The summed E-state index contributed by atoms with van der Waals surface area (Å²) in [6, 6.07) is 1.88. The van der Waals surface area contributed by atoms with Gasteiger partial charge < -0.3 is 14.9 Å². The van der Waals surface area contributed by atoms with E-state index in [0.717, 1.165) is 5.56 Å². The van der Waals surface area contributed by atoms with Crippen LogP contribution in [0.5, 0.6) is 0 Å². The van der Waals surface area contributed by atoms with E-state index in [1.54, 1.807) is 0 Å². The summed E-state index contributed by atoms with van der Waals surface area (Å²) in [5.41, 5.74) is -0.431. The molecule has 0 unspecified atom stereocenters. The van der Waals surface area contributed by atoms with E-state index in [0.29, 0.717) is 11.7 Å². The van der Waals surface area contributed by atoms with Crippen LogP contribution in [0.4, 0.5) is 0 Å². The fourth-order valence-corrected chi connectivity index (χ4v) is 2.18. The first-order valence-corrected chi connectivity index (χ1v) is 7.22. The molecule has 0 aliphatic carbocycles. The number of carboxylic acids is 1. The summed E-state index contributed by atoms with van der Waals surface area (Å²) in [6.07, 6.45) is 0.348. The Kier molecular flexibility index (Phi) is 4.37. The summed E-state index contributed by atoms with van der Waals surface area (Å²) in [5, 5.41) is 19.0. The van der Waals surface area contributed by atoms with E-state index in [-0.39, 0.29) is 18.7 Å². The quantitative estimate of drug-likeness (QED) is 0.841. The van der Waals surface area contributed by atoms with E-state index in [2.05, 4.69) is 15.5 Å². The minimum atomic E-state index is -1.30. The molecule has 0 radical (unpaired) electrons. The van der Waals surface area contributed by atoms with Crippen LogP contribution in [-0.2, 0) is 16.0 Å². The molecule has 0 saturated carbocycles. The van der Waals surface area contributed by atoms with Gasteiger partial charge in [-0.25, -0.2) is 4.79 Å². The van der Waals surface area contributed by atoms with Gasteiger partial charge in [0.05, 0.1) is 0 Å².